The van der Waals surface area contributed by atoms with E-state index in [1.165, 1.54) is 4.90 Å². The lowest BCUT2D eigenvalue weighted by atomic mass is 9.84. The minimum atomic E-state index is -0.396. The number of carbonyl (C=O) groups is 2. The lowest BCUT2D eigenvalue weighted by molar-refractivity contribution is -0.142. The molecule has 22 heavy (non-hydrogen) atoms. The molecule has 2 aliphatic rings. The molecule has 1 saturated heterocycles. The second-order valence-electron chi connectivity index (χ2n) is 6.65. The Morgan fingerprint density at radius 2 is 1.95 bits per heavy atom. The van der Waals surface area contributed by atoms with Gasteiger partial charge in [0, 0.05) is 18.8 Å². The molecule has 0 aromatic carbocycles. The number of carbonyl (C=O) groups excluding carboxylic acids is 2. The van der Waals surface area contributed by atoms with Crippen LogP contribution in [0.3, 0.4) is 0 Å². The Morgan fingerprint density at radius 1 is 1.18 bits per heavy atom. The number of aryl methyl sites for hydroxylation is 1. The van der Waals surface area contributed by atoms with Crippen molar-refractivity contribution in [2.45, 2.75) is 45.6 Å². The van der Waals surface area contributed by atoms with Gasteiger partial charge in [0.05, 0.1) is 17.7 Å². The maximum atomic E-state index is 12.7. The number of rotatable bonds is 2. The molecule has 0 bridgehead atoms. The highest BCUT2D eigenvalue weighted by atomic mass is 16.2. The van der Waals surface area contributed by atoms with Crippen LogP contribution in [0, 0.1) is 12.3 Å². The number of nitrogens with zero attached hydrogens (tertiary/aromatic N) is 3. The summed E-state index contributed by atoms with van der Waals surface area (Å²) in [7, 11) is 0. The lowest BCUT2D eigenvalue weighted by Crippen LogP contribution is -2.34. The van der Waals surface area contributed by atoms with Crippen molar-refractivity contribution in [1.29, 1.82) is 0 Å². The van der Waals surface area contributed by atoms with Crippen molar-refractivity contribution in [3.05, 3.63) is 35.8 Å². The van der Waals surface area contributed by atoms with Gasteiger partial charge in [-0.1, -0.05) is 18.9 Å². The van der Waals surface area contributed by atoms with Gasteiger partial charge in [-0.2, -0.15) is 0 Å². The highest BCUT2D eigenvalue weighted by Gasteiger charge is 2.52. The van der Waals surface area contributed by atoms with Crippen LogP contribution in [0.5, 0.6) is 0 Å². The molecule has 3 heterocycles. The number of likely N-dealkylation sites (tertiary alicyclic amines) is 1. The van der Waals surface area contributed by atoms with E-state index in [9.17, 15) is 9.59 Å². The summed E-state index contributed by atoms with van der Waals surface area (Å²) in [4.78, 5) is 30.9. The number of imide groups is 1. The molecule has 1 aliphatic heterocycles. The average molecular weight is 297 g/mol. The Balaban J connectivity index is 1.61. The van der Waals surface area contributed by atoms with Crippen LogP contribution in [-0.4, -0.2) is 26.1 Å². The van der Waals surface area contributed by atoms with Crippen LogP contribution in [0.1, 0.15) is 43.4 Å². The van der Waals surface area contributed by atoms with Crippen molar-refractivity contribution >= 4 is 17.5 Å². The molecule has 0 radical (unpaired) electrons. The van der Waals surface area contributed by atoms with Crippen molar-refractivity contribution in [2.24, 2.45) is 5.41 Å². The zero-order chi connectivity index (χ0) is 15.3. The second kappa shape index (κ2) is 4.66. The smallest absolute Gasteiger partial charge is 0.236 e. The van der Waals surface area contributed by atoms with Crippen molar-refractivity contribution in [3.8, 4) is 0 Å². The number of imidazole rings is 1. The summed E-state index contributed by atoms with van der Waals surface area (Å²) in [6.45, 7) is 2.32. The third kappa shape index (κ3) is 1.95. The van der Waals surface area contributed by atoms with Gasteiger partial charge >= 0.3 is 0 Å². The molecule has 1 aliphatic carbocycles. The minimum absolute atomic E-state index is 0.0169. The number of amides is 2. The van der Waals surface area contributed by atoms with Crippen LogP contribution in [-0.2, 0) is 16.1 Å². The van der Waals surface area contributed by atoms with E-state index in [2.05, 4.69) is 4.98 Å². The van der Waals surface area contributed by atoms with Crippen LogP contribution < -0.4 is 0 Å². The predicted octanol–water partition coefficient (Wildman–Crippen LogP) is 2.46. The van der Waals surface area contributed by atoms with Gasteiger partial charge in [-0.3, -0.25) is 14.5 Å². The number of pyridine rings is 1. The van der Waals surface area contributed by atoms with Crippen LogP contribution in [0.4, 0.5) is 0 Å². The fourth-order valence-electron chi connectivity index (χ4n) is 3.86. The van der Waals surface area contributed by atoms with Crippen molar-refractivity contribution < 1.29 is 9.59 Å². The summed E-state index contributed by atoms with van der Waals surface area (Å²) < 4.78 is 1.95. The Hall–Kier alpha value is -2.17. The van der Waals surface area contributed by atoms with E-state index >= 15 is 0 Å². The third-order valence-corrected chi connectivity index (χ3v) is 5.02. The zero-order valence-corrected chi connectivity index (χ0v) is 12.7. The minimum Gasteiger partial charge on any atom is -0.306 e. The highest BCUT2D eigenvalue weighted by Crippen LogP contribution is 2.47. The van der Waals surface area contributed by atoms with E-state index in [0.717, 1.165) is 42.6 Å². The molecule has 0 atom stereocenters. The van der Waals surface area contributed by atoms with Gasteiger partial charge in [0.25, 0.3) is 0 Å². The Morgan fingerprint density at radius 3 is 2.73 bits per heavy atom. The van der Waals surface area contributed by atoms with Gasteiger partial charge in [-0.25, -0.2) is 4.98 Å². The third-order valence-electron chi connectivity index (χ3n) is 5.02. The van der Waals surface area contributed by atoms with Gasteiger partial charge in [-0.15, -0.1) is 0 Å². The molecule has 5 heteroatoms. The number of hydrogen-bond acceptors (Lipinski definition) is 3. The molecule has 114 valence electrons. The lowest BCUT2D eigenvalue weighted by Gasteiger charge is -2.20. The Kier molecular flexibility index (Phi) is 2.86. The summed E-state index contributed by atoms with van der Waals surface area (Å²) >= 11 is 0. The zero-order valence-electron chi connectivity index (χ0n) is 12.7. The highest BCUT2D eigenvalue weighted by molar-refractivity contribution is 6.05. The maximum absolute atomic E-state index is 12.7. The Labute approximate surface area is 128 Å². The molecule has 1 saturated carbocycles. The van der Waals surface area contributed by atoms with Gasteiger partial charge in [0.2, 0.25) is 11.8 Å². The summed E-state index contributed by atoms with van der Waals surface area (Å²) in [5.74, 6) is -0.0247. The van der Waals surface area contributed by atoms with Crippen LogP contribution in [0.2, 0.25) is 0 Å². The average Bonchev–Trinajstić information content (AvgIpc) is 3.15. The van der Waals surface area contributed by atoms with E-state index in [1.54, 1.807) is 0 Å². The first-order chi connectivity index (χ1) is 10.6. The van der Waals surface area contributed by atoms with Crippen LogP contribution in [0.15, 0.2) is 24.5 Å². The molecule has 2 aromatic heterocycles. The summed E-state index contributed by atoms with van der Waals surface area (Å²) in [6, 6.07) is 3.96. The summed E-state index contributed by atoms with van der Waals surface area (Å²) in [5, 5.41) is 0. The molecule has 5 nitrogen and oxygen atoms in total. The molecule has 2 aromatic rings. The van der Waals surface area contributed by atoms with Crippen molar-refractivity contribution in [1.82, 2.24) is 14.3 Å². The van der Waals surface area contributed by atoms with E-state index in [-0.39, 0.29) is 11.8 Å². The molecule has 4 rings (SSSR count). The molecule has 1 spiro atoms. The number of hydrogen-bond donors (Lipinski definition) is 0. The molecule has 0 N–H and O–H groups in total. The van der Waals surface area contributed by atoms with Crippen molar-refractivity contribution in [3.63, 3.8) is 0 Å². The summed E-state index contributed by atoms with van der Waals surface area (Å²) in [5.41, 5.74) is 2.36. The first kappa shape index (κ1) is 13.5. The molecule has 0 unspecified atom stereocenters. The molecule has 2 fully saturated rings. The van der Waals surface area contributed by atoms with Gasteiger partial charge in [-0.05, 0) is 31.4 Å². The maximum Gasteiger partial charge on any atom is 0.236 e. The SMILES string of the molecule is Cc1ccc2nc(CN3C(=O)CC4(CCCC4)C3=O)cn2c1. The second-order valence-corrected chi connectivity index (χ2v) is 6.65. The summed E-state index contributed by atoms with van der Waals surface area (Å²) in [6.07, 6.45) is 8.12. The molecular weight excluding hydrogens is 278 g/mol. The van der Waals surface area contributed by atoms with Gasteiger partial charge < -0.3 is 4.40 Å². The molecule has 2 amide bonds. The predicted molar refractivity (Wildman–Crippen MR) is 81.0 cm³/mol. The van der Waals surface area contributed by atoms with Crippen LogP contribution in [0.25, 0.3) is 5.65 Å². The fraction of sp³-hybridized carbons (Fsp3) is 0.471. The first-order valence-electron chi connectivity index (χ1n) is 7.86. The molecular formula is C17H19N3O2. The number of fused-ring (bicyclic) bond motifs is 1. The van der Waals surface area contributed by atoms with E-state index in [0.29, 0.717) is 13.0 Å². The van der Waals surface area contributed by atoms with E-state index in [1.807, 2.05) is 35.9 Å². The standard InChI is InChI=1S/C17H19N3O2/c1-12-4-5-14-18-13(10-19(14)9-12)11-20-15(21)8-17(16(20)22)6-2-3-7-17/h4-5,9-10H,2-3,6-8,11H2,1H3. The Bertz CT molecular complexity index is 771. The van der Waals surface area contributed by atoms with Crippen molar-refractivity contribution in [2.75, 3.05) is 0 Å². The quantitative estimate of drug-likeness (QED) is 0.800. The van der Waals surface area contributed by atoms with E-state index < -0.39 is 5.41 Å². The first-order valence-corrected chi connectivity index (χ1v) is 7.86. The topological polar surface area (TPSA) is 54.7 Å². The fourth-order valence-corrected chi connectivity index (χ4v) is 3.86. The number of aromatic nitrogens is 2. The monoisotopic (exact) mass is 297 g/mol. The van der Waals surface area contributed by atoms with Crippen LogP contribution >= 0.6 is 0 Å². The largest absolute Gasteiger partial charge is 0.306 e. The van der Waals surface area contributed by atoms with Gasteiger partial charge in [0.15, 0.2) is 0 Å². The van der Waals surface area contributed by atoms with E-state index in [4.69, 9.17) is 0 Å². The van der Waals surface area contributed by atoms with Gasteiger partial charge in [0.1, 0.15) is 5.65 Å². The normalized spacial score (nSPS) is 20.7.